The predicted octanol–water partition coefficient (Wildman–Crippen LogP) is 3.32. The zero-order valence-electron chi connectivity index (χ0n) is 19.0. The highest BCUT2D eigenvalue weighted by atomic mass is 16.2. The summed E-state index contributed by atoms with van der Waals surface area (Å²) in [5.74, 6) is -0.187. The van der Waals surface area contributed by atoms with Gasteiger partial charge in [0.2, 0.25) is 5.91 Å². The molecule has 7 nitrogen and oxygen atoms in total. The van der Waals surface area contributed by atoms with Crippen molar-refractivity contribution in [3.8, 4) is 0 Å². The topological polar surface area (TPSA) is 87.2 Å². The lowest BCUT2D eigenvalue weighted by Crippen LogP contribution is -2.56. The van der Waals surface area contributed by atoms with E-state index < -0.39 is 5.41 Å². The number of rotatable bonds is 6. The van der Waals surface area contributed by atoms with Crippen LogP contribution >= 0.6 is 0 Å². The number of hydrogen-bond donors (Lipinski definition) is 2. The first-order valence-electron chi connectivity index (χ1n) is 11.2. The molecule has 2 amide bonds. The third kappa shape index (κ3) is 4.72. The molecule has 33 heavy (non-hydrogen) atoms. The molecule has 7 heteroatoms. The first-order chi connectivity index (χ1) is 16.0. The molecule has 0 saturated carbocycles. The van der Waals surface area contributed by atoms with Gasteiger partial charge >= 0.3 is 0 Å². The van der Waals surface area contributed by atoms with Gasteiger partial charge in [0.15, 0.2) is 0 Å². The lowest BCUT2D eigenvalue weighted by atomic mass is 9.75. The van der Waals surface area contributed by atoms with Crippen molar-refractivity contribution >= 4 is 17.5 Å². The Balaban J connectivity index is 1.56. The number of pyridine rings is 2. The van der Waals surface area contributed by atoms with E-state index in [-0.39, 0.29) is 11.8 Å². The van der Waals surface area contributed by atoms with Crippen LogP contribution in [-0.4, -0.2) is 46.8 Å². The number of benzene rings is 1. The van der Waals surface area contributed by atoms with Gasteiger partial charge in [0.25, 0.3) is 5.91 Å². The minimum Gasteiger partial charge on any atom is -0.381 e. The van der Waals surface area contributed by atoms with Gasteiger partial charge in [0.1, 0.15) is 5.41 Å². The van der Waals surface area contributed by atoms with Crippen LogP contribution in [0.15, 0.2) is 67.1 Å². The predicted molar refractivity (Wildman–Crippen MR) is 128 cm³/mol. The fraction of sp³-hybridized carbons (Fsp3) is 0.308. The molecule has 1 aliphatic rings. The normalized spacial score (nSPS) is 17.9. The van der Waals surface area contributed by atoms with Gasteiger partial charge in [-0.15, -0.1) is 0 Å². The fourth-order valence-corrected chi connectivity index (χ4v) is 4.45. The maximum absolute atomic E-state index is 13.5. The van der Waals surface area contributed by atoms with E-state index in [2.05, 4.69) is 20.6 Å². The van der Waals surface area contributed by atoms with Crippen molar-refractivity contribution in [3.63, 3.8) is 0 Å². The molecule has 1 atom stereocenters. The second kappa shape index (κ2) is 9.81. The van der Waals surface area contributed by atoms with Crippen LogP contribution in [0.3, 0.4) is 0 Å². The number of likely N-dealkylation sites (N-methyl/N-ethyl adjacent to an activating group) is 1. The number of carbonyl (C=O) groups is 2. The van der Waals surface area contributed by atoms with E-state index in [9.17, 15) is 9.59 Å². The number of aromatic nitrogens is 2. The zero-order chi connectivity index (χ0) is 23.3. The summed E-state index contributed by atoms with van der Waals surface area (Å²) in [5.41, 5.74) is 3.54. The number of nitrogens with one attached hydrogen (secondary N) is 2. The molecule has 3 aromatic rings. The lowest BCUT2D eigenvalue weighted by molar-refractivity contribution is -0.128. The van der Waals surface area contributed by atoms with Crippen LogP contribution in [0.5, 0.6) is 0 Å². The van der Waals surface area contributed by atoms with Crippen LogP contribution in [0.1, 0.15) is 40.0 Å². The molecule has 3 heterocycles. The standard InChI is InChI=1S/C26H29N5O2/c1-19-7-8-21(16-22(19)30-17-20-9-13-28-14-10-20)24(32)31-15-5-11-26(18-31,25(33)27-2)23-6-3-4-12-29-23/h3-4,6-10,12-14,16,30H,5,11,15,17-18H2,1-2H3,(H,27,33). The summed E-state index contributed by atoms with van der Waals surface area (Å²) in [7, 11) is 1.63. The second-order valence-corrected chi connectivity index (χ2v) is 8.45. The highest BCUT2D eigenvalue weighted by molar-refractivity contribution is 5.96. The van der Waals surface area contributed by atoms with Gasteiger partial charge in [0, 0.05) is 56.5 Å². The molecule has 170 valence electrons. The van der Waals surface area contributed by atoms with Crippen molar-refractivity contribution in [1.82, 2.24) is 20.2 Å². The van der Waals surface area contributed by atoms with Crippen molar-refractivity contribution in [2.24, 2.45) is 0 Å². The summed E-state index contributed by atoms with van der Waals surface area (Å²) in [5, 5.41) is 6.22. The second-order valence-electron chi connectivity index (χ2n) is 8.45. The summed E-state index contributed by atoms with van der Waals surface area (Å²) in [4.78, 5) is 36.8. The highest BCUT2D eigenvalue weighted by Crippen LogP contribution is 2.34. The number of likely N-dealkylation sites (tertiary alicyclic amines) is 1. The van der Waals surface area contributed by atoms with Crippen LogP contribution in [0.4, 0.5) is 5.69 Å². The van der Waals surface area contributed by atoms with Gasteiger partial charge in [-0.1, -0.05) is 12.1 Å². The first-order valence-corrected chi connectivity index (χ1v) is 11.2. The van der Waals surface area contributed by atoms with Crippen LogP contribution in [-0.2, 0) is 16.8 Å². The Kier molecular flexibility index (Phi) is 6.68. The van der Waals surface area contributed by atoms with Gasteiger partial charge in [-0.25, -0.2) is 0 Å². The van der Waals surface area contributed by atoms with E-state index >= 15 is 0 Å². The van der Waals surface area contributed by atoms with Crippen LogP contribution in [0.2, 0.25) is 0 Å². The summed E-state index contributed by atoms with van der Waals surface area (Å²) < 4.78 is 0. The van der Waals surface area contributed by atoms with Gasteiger partial charge in [-0.05, 0) is 67.3 Å². The first kappa shape index (κ1) is 22.5. The molecule has 2 aromatic heterocycles. The average Bonchev–Trinajstić information content (AvgIpc) is 2.88. The quantitative estimate of drug-likeness (QED) is 0.610. The smallest absolute Gasteiger partial charge is 0.253 e. The van der Waals surface area contributed by atoms with E-state index in [1.807, 2.05) is 55.5 Å². The molecule has 0 aliphatic carbocycles. The molecule has 0 bridgehead atoms. The monoisotopic (exact) mass is 443 g/mol. The van der Waals surface area contributed by atoms with Crippen molar-refractivity contribution in [2.45, 2.75) is 31.7 Å². The number of amides is 2. The number of carbonyl (C=O) groups excluding carboxylic acids is 2. The van der Waals surface area contributed by atoms with E-state index in [0.29, 0.717) is 37.3 Å². The third-order valence-corrected chi connectivity index (χ3v) is 6.31. The van der Waals surface area contributed by atoms with E-state index in [0.717, 1.165) is 23.2 Å². The third-order valence-electron chi connectivity index (χ3n) is 6.31. The zero-order valence-corrected chi connectivity index (χ0v) is 19.0. The maximum Gasteiger partial charge on any atom is 0.253 e. The summed E-state index contributed by atoms with van der Waals surface area (Å²) in [6, 6.07) is 15.2. The Hall–Kier alpha value is -3.74. The van der Waals surface area contributed by atoms with Gasteiger partial charge < -0.3 is 15.5 Å². The molecule has 1 saturated heterocycles. The van der Waals surface area contributed by atoms with Crippen LogP contribution in [0.25, 0.3) is 0 Å². The van der Waals surface area contributed by atoms with Gasteiger partial charge in [-0.2, -0.15) is 0 Å². The molecule has 1 unspecified atom stereocenters. The SMILES string of the molecule is CNC(=O)C1(c2ccccn2)CCCN(C(=O)c2ccc(C)c(NCc3ccncc3)c2)C1. The summed E-state index contributed by atoms with van der Waals surface area (Å²) >= 11 is 0. The van der Waals surface area contributed by atoms with Crippen LogP contribution in [0, 0.1) is 6.92 Å². The Morgan fingerprint density at radius 2 is 1.91 bits per heavy atom. The Morgan fingerprint density at radius 1 is 1.09 bits per heavy atom. The Morgan fingerprint density at radius 3 is 2.64 bits per heavy atom. The maximum atomic E-state index is 13.5. The molecular formula is C26H29N5O2. The van der Waals surface area contributed by atoms with Crippen molar-refractivity contribution in [1.29, 1.82) is 0 Å². The van der Waals surface area contributed by atoms with Crippen molar-refractivity contribution < 1.29 is 9.59 Å². The van der Waals surface area contributed by atoms with Gasteiger partial charge in [0.05, 0.1) is 5.69 Å². The molecule has 1 aromatic carbocycles. The minimum atomic E-state index is -0.850. The lowest BCUT2D eigenvalue weighted by Gasteiger charge is -2.41. The number of aryl methyl sites for hydroxylation is 1. The molecule has 1 fully saturated rings. The molecule has 1 aliphatic heterocycles. The van der Waals surface area contributed by atoms with Crippen LogP contribution < -0.4 is 10.6 Å². The fourth-order valence-electron chi connectivity index (χ4n) is 4.45. The molecule has 0 spiro atoms. The number of anilines is 1. The molecule has 4 rings (SSSR count). The largest absolute Gasteiger partial charge is 0.381 e. The number of hydrogen-bond acceptors (Lipinski definition) is 5. The van der Waals surface area contributed by atoms with Gasteiger partial charge in [-0.3, -0.25) is 19.6 Å². The number of nitrogens with zero attached hydrogens (tertiary/aromatic N) is 3. The van der Waals surface area contributed by atoms with Crippen molar-refractivity contribution in [2.75, 3.05) is 25.5 Å². The Labute approximate surface area is 194 Å². The molecule has 0 radical (unpaired) electrons. The highest BCUT2D eigenvalue weighted by Gasteiger charge is 2.45. The number of piperidine rings is 1. The van der Waals surface area contributed by atoms with E-state index in [1.54, 1.807) is 30.5 Å². The van der Waals surface area contributed by atoms with E-state index in [4.69, 9.17) is 0 Å². The Bertz CT molecular complexity index is 1120. The van der Waals surface area contributed by atoms with Crippen molar-refractivity contribution in [3.05, 3.63) is 89.5 Å². The van der Waals surface area contributed by atoms with E-state index in [1.165, 1.54) is 0 Å². The summed E-state index contributed by atoms with van der Waals surface area (Å²) in [6.07, 6.45) is 6.61. The summed E-state index contributed by atoms with van der Waals surface area (Å²) in [6.45, 7) is 3.57. The minimum absolute atomic E-state index is 0.0779. The molecular weight excluding hydrogens is 414 g/mol. The molecule has 2 N–H and O–H groups in total. The average molecular weight is 444 g/mol.